The van der Waals surface area contributed by atoms with Crippen LogP contribution in [0.15, 0.2) is 6.07 Å². The van der Waals surface area contributed by atoms with E-state index >= 15 is 0 Å². The normalized spacial score (nSPS) is 19.8. The van der Waals surface area contributed by atoms with E-state index in [4.69, 9.17) is 4.98 Å². The fourth-order valence-electron chi connectivity index (χ4n) is 2.49. The minimum absolute atomic E-state index is 0.388. The lowest BCUT2D eigenvalue weighted by Gasteiger charge is -2.19. The van der Waals surface area contributed by atoms with Crippen LogP contribution in [0.1, 0.15) is 37.7 Å². The molecule has 1 aliphatic heterocycles. The highest BCUT2D eigenvalue weighted by atomic mass is 15.2. The third-order valence-electron chi connectivity index (χ3n) is 3.48. The molecule has 0 aromatic carbocycles. The van der Waals surface area contributed by atoms with Gasteiger partial charge in [0, 0.05) is 30.8 Å². The number of aromatic nitrogens is 2. The van der Waals surface area contributed by atoms with Crippen LogP contribution in [0.2, 0.25) is 0 Å². The van der Waals surface area contributed by atoms with Gasteiger partial charge in [0.05, 0.1) is 0 Å². The van der Waals surface area contributed by atoms with Crippen molar-refractivity contribution in [3.63, 3.8) is 0 Å². The van der Waals surface area contributed by atoms with Gasteiger partial charge in [0.15, 0.2) is 0 Å². The molecule has 4 heteroatoms. The molecule has 4 nitrogen and oxygen atoms in total. The topological polar surface area (TPSA) is 41.0 Å². The van der Waals surface area contributed by atoms with Crippen molar-refractivity contribution >= 4 is 5.82 Å². The van der Waals surface area contributed by atoms with Gasteiger partial charge in [-0.1, -0.05) is 13.8 Å². The van der Waals surface area contributed by atoms with Gasteiger partial charge in [0.1, 0.15) is 11.6 Å². The van der Waals surface area contributed by atoms with E-state index in [0.29, 0.717) is 5.92 Å². The molecule has 0 spiro atoms. The number of rotatable bonds is 4. The maximum Gasteiger partial charge on any atom is 0.133 e. The first kappa shape index (κ1) is 13.3. The summed E-state index contributed by atoms with van der Waals surface area (Å²) in [6, 6.07) is 2.10. The van der Waals surface area contributed by atoms with Crippen LogP contribution in [0, 0.1) is 12.8 Å². The molecule has 100 valence electrons. The molecule has 1 fully saturated rings. The molecular weight excluding hydrogens is 224 g/mol. The van der Waals surface area contributed by atoms with Gasteiger partial charge in [-0.05, 0) is 32.9 Å². The monoisotopic (exact) mass is 248 g/mol. The van der Waals surface area contributed by atoms with Gasteiger partial charge in [-0.15, -0.1) is 0 Å². The molecule has 18 heavy (non-hydrogen) atoms. The average Bonchev–Trinajstić information content (AvgIpc) is 2.77. The highest BCUT2D eigenvalue weighted by Gasteiger charge is 2.23. The van der Waals surface area contributed by atoms with Gasteiger partial charge in [-0.25, -0.2) is 9.97 Å². The lowest BCUT2D eigenvalue weighted by molar-refractivity contribution is 0.548. The van der Waals surface area contributed by atoms with Gasteiger partial charge >= 0.3 is 0 Å². The van der Waals surface area contributed by atoms with Crippen LogP contribution in [0.3, 0.4) is 0 Å². The average molecular weight is 248 g/mol. The third-order valence-corrected chi connectivity index (χ3v) is 3.48. The second kappa shape index (κ2) is 5.65. The van der Waals surface area contributed by atoms with Crippen LogP contribution in [-0.2, 0) is 0 Å². The Morgan fingerprint density at radius 2 is 2.22 bits per heavy atom. The Kier molecular flexibility index (Phi) is 4.17. The first-order chi connectivity index (χ1) is 8.60. The molecule has 0 radical (unpaired) electrons. The summed E-state index contributed by atoms with van der Waals surface area (Å²) in [6.07, 6.45) is 1.25. The minimum Gasteiger partial charge on any atom is -0.356 e. The number of anilines is 1. The van der Waals surface area contributed by atoms with Crippen LogP contribution < -0.4 is 10.2 Å². The summed E-state index contributed by atoms with van der Waals surface area (Å²) in [5, 5.41) is 3.26. The first-order valence-corrected chi connectivity index (χ1v) is 6.85. The van der Waals surface area contributed by atoms with Crippen LogP contribution in [-0.4, -0.2) is 36.6 Å². The number of nitrogens with one attached hydrogen (secondary N) is 1. The summed E-state index contributed by atoms with van der Waals surface area (Å²) in [4.78, 5) is 11.6. The summed E-state index contributed by atoms with van der Waals surface area (Å²) >= 11 is 0. The zero-order chi connectivity index (χ0) is 13.1. The van der Waals surface area contributed by atoms with E-state index in [2.05, 4.69) is 42.0 Å². The Bertz CT molecular complexity index is 403. The van der Waals surface area contributed by atoms with Crippen LogP contribution >= 0.6 is 0 Å². The summed E-state index contributed by atoms with van der Waals surface area (Å²) in [5.41, 5.74) is 1.07. The standard InChI is InChI=1S/C14H24N4/c1-10(2)14-16-11(3)7-13(17-14)18-6-5-12(9-18)8-15-4/h7,10,12,15H,5-6,8-9H2,1-4H3. The van der Waals surface area contributed by atoms with Gasteiger partial charge in [-0.3, -0.25) is 0 Å². The van der Waals surface area contributed by atoms with E-state index in [-0.39, 0.29) is 0 Å². The van der Waals surface area contributed by atoms with Crippen LogP contribution in [0.25, 0.3) is 0 Å². The predicted molar refractivity (Wildman–Crippen MR) is 75.1 cm³/mol. The Balaban J connectivity index is 2.14. The zero-order valence-corrected chi connectivity index (χ0v) is 11.9. The summed E-state index contributed by atoms with van der Waals surface area (Å²) in [7, 11) is 2.02. The van der Waals surface area contributed by atoms with Gasteiger partial charge < -0.3 is 10.2 Å². The SMILES string of the molecule is CNCC1CCN(c2cc(C)nc(C(C)C)n2)C1. The lowest BCUT2D eigenvalue weighted by atomic mass is 10.1. The third kappa shape index (κ3) is 2.99. The molecule has 1 saturated heterocycles. The minimum atomic E-state index is 0.388. The van der Waals surface area contributed by atoms with Gasteiger partial charge in [-0.2, -0.15) is 0 Å². The van der Waals surface area contributed by atoms with Crippen molar-refractivity contribution in [2.45, 2.75) is 33.1 Å². The van der Waals surface area contributed by atoms with Crippen molar-refractivity contribution in [2.24, 2.45) is 5.92 Å². The lowest BCUT2D eigenvalue weighted by Crippen LogP contribution is -2.25. The van der Waals surface area contributed by atoms with Crippen molar-refractivity contribution in [1.29, 1.82) is 0 Å². The van der Waals surface area contributed by atoms with Crippen molar-refractivity contribution < 1.29 is 0 Å². The van der Waals surface area contributed by atoms with Gasteiger partial charge in [0.2, 0.25) is 0 Å². The Morgan fingerprint density at radius 3 is 2.89 bits per heavy atom. The molecule has 2 heterocycles. The van der Waals surface area contributed by atoms with E-state index in [9.17, 15) is 0 Å². The molecule has 1 aromatic rings. The molecule has 1 unspecified atom stereocenters. The highest BCUT2D eigenvalue weighted by molar-refractivity contribution is 5.41. The molecule has 0 bridgehead atoms. The second-order valence-corrected chi connectivity index (χ2v) is 5.54. The second-order valence-electron chi connectivity index (χ2n) is 5.54. The van der Waals surface area contributed by atoms with Crippen molar-refractivity contribution in [3.8, 4) is 0 Å². The van der Waals surface area contributed by atoms with E-state index in [1.165, 1.54) is 6.42 Å². The molecule has 1 aromatic heterocycles. The zero-order valence-electron chi connectivity index (χ0n) is 11.9. The number of hydrogen-bond acceptors (Lipinski definition) is 4. The van der Waals surface area contributed by atoms with Crippen LogP contribution in [0.4, 0.5) is 5.82 Å². The first-order valence-electron chi connectivity index (χ1n) is 6.85. The molecule has 1 aliphatic rings. The van der Waals surface area contributed by atoms with Gasteiger partial charge in [0.25, 0.3) is 0 Å². The fourth-order valence-corrected chi connectivity index (χ4v) is 2.49. The Morgan fingerprint density at radius 1 is 1.44 bits per heavy atom. The molecule has 0 saturated carbocycles. The van der Waals surface area contributed by atoms with E-state index < -0.39 is 0 Å². The Labute approximate surface area is 110 Å². The molecule has 1 N–H and O–H groups in total. The predicted octanol–water partition coefficient (Wildman–Crippen LogP) is 1.95. The number of hydrogen-bond donors (Lipinski definition) is 1. The maximum atomic E-state index is 4.70. The number of aryl methyl sites for hydroxylation is 1. The fraction of sp³-hybridized carbons (Fsp3) is 0.714. The highest BCUT2D eigenvalue weighted by Crippen LogP contribution is 2.23. The molecule has 0 aliphatic carbocycles. The van der Waals surface area contributed by atoms with E-state index in [1.54, 1.807) is 0 Å². The molecule has 1 atom stereocenters. The van der Waals surface area contributed by atoms with Crippen molar-refractivity contribution in [3.05, 3.63) is 17.6 Å². The largest absolute Gasteiger partial charge is 0.356 e. The smallest absolute Gasteiger partial charge is 0.133 e. The molecule has 0 amide bonds. The van der Waals surface area contributed by atoms with Crippen molar-refractivity contribution in [2.75, 3.05) is 31.6 Å². The van der Waals surface area contributed by atoms with E-state index in [0.717, 1.165) is 42.9 Å². The summed E-state index contributed by atoms with van der Waals surface area (Å²) < 4.78 is 0. The summed E-state index contributed by atoms with van der Waals surface area (Å²) in [5.74, 6) is 3.19. The van der Waals surface area contributed by atoms with Crippen molar-refractivity contribution in [1.82, 2.24) is 15.3 Å². The molecule has 2 rings (SSSR count). The van der Waals surface area contributed by atoms with E-state index in [1.807, 2.05) is 7.05 Å². The summed E-state index contributed by atoms with van der Waals surface area (Å²) in [6.45, 7) is 9.66. The molecular formula is C14H24N4. The maximum absolute atomic E-state index is 4.70. The number of nitrogens with zero attached hydrogens (tertiary/aromatic N) is 3. The van der Waals surface area contributed by atoms with Crippen LogP contribution in [0.5, 0.6) is 0 Å². The quantitative estimate of drug-likeness (QED) is 0.884. The Hall–Kier alpha value is -1.16.